The summed E-state index contributed by atoms with van der Waals surface area (Å²) in [7, 11) is -2.09. The van der Waals surface area contributed by atoms with E-state index in [4.69, 9.17) is 9.47 Å². The van der Waals surface area contributed by atoms with E-state index in [0.717, 1.165) is 19.3 Å². The van der Waals surface area contributed by atoms with Crippen LogP contribution in [-0.2, 0) is 21.8 Å². The van der Waals surface area contributed by atoms with Gasteiger partial charge in [0.2, 0.25) is 0 Å². The Morgan fingerprint density at radius 3 is 2.76 bits per heavy atom. The summed E-state index contributed by atoms with van der Waals surface area (Å²) in [6.45, 7) is -0.293. The lowest BCUT2D eigenvalue weighted by atomic mass is 9.91. The number of rotatable bonds is 7. The van der Waals surface area contributed by atoms with Crippen molar-refractivity contribution in [3.8, 4) is 5.75 Å². The maximum absolute atomic E-state index is 13.2. The topological polar surface area (TPSA) is 85.7 Å². The third-order valence-corrected chi connectivity index (χ3v) is 7.62. The largest absolute Gasteiger partial charge is 0.484 e. The zero-order chi connectivity index (χ0) is 23.6. The number of alkyl halides is 3. The number of ether oxygens (including phenoxy) is 2. The van der Waals surface area contributed by atoms with Crippen LogP contribution in [0.3, 0.4) is 0 Å². The fourth-order valence-electron chi connectivity index (χ4n) is 4.33. The predicted molar refractivity (Wildman–Crippen MR) is 114 cm³/mol. The van der Waals surface area contributed by atoms with Gasteiger partial charge < -0.3 is 19.4 Å². The number of hydrogen-bond donors (Lipinski definition) is 1. The Kier molecular flexibility index (Phi) is 6.87. The minimum Gasteiger partial charge on any atom is -0.484 e. The molecule has 33 heavy (non-hydrogen) atoms. The third-order valence-electron chi connectivity index (χ3n) is 5.90. The van der Waals surface area contributed by atoms with Crippen LogP contribution in [0.25, 0.3) is 0 Å². The number of imidazole rings is 1. The van der Waals surface area contributed by atoms with Crippen molar-refractivity contribution in [2.45, 2.75) is 42.6 Å². The molecule has 0 radical (unpaired) electrons. The van der Waals surface area contributed by atoms with Crippen molar-refractivity contribution in [3.63, 3.8) is 0 Å². The average Bonchev–Trinajstić information content (AvgIpc) is 3.40. The van der Waals surface area contributed by atoms with E-state index in [1.165, 1.54) is 29.0 Å². The Labute approximate surface area is 190 Å². The molecule has 2 aliphatic rings. The molecule has 0 aliphatic carbocycles. The molecule has 0 spiro atoms. The molecule has 0 saturated carbocycles. The minimum absolute atomic E-state index is 0.0171. The second-order valence-electron chi connectivity index (χ2n) is 8.45. The van der Waals surface area contributed by atoms with E-state index in [1.54, 1.807) is 23.7 Å². The maximum atomic E-state index is 13.2. The Bertz CT molecular complexity index is 1050. The summed E-state index contributed by atoms with van der Waals surface area (Å²) in [6.07, 6.45) is 1.16. The molecule has 3 atom stereocenters. The number of nitrogens with zero attached hydrogens (tertiary/aromatic N) is 3. The molecule has 1 N–H and O–H groups in total. The van der Waals surface area contributed by atoms with E-state index in [1.807, 2.05) is 0 Å². The van der Waals surface area contributed by atoms with Gasteiger partial charge in [0.25, 0.3) is 10.0 Å². The number of aryl methyl sites for hydroxylation is 1. The van der Waals surface area contributed by atoms with Gasteiger partial charge in [0.1, 0.15) is 5.75 Å². The average molecular weight is 489 g/mol. The van der Waals surface area contributed by atoms with E-state index < -0.39 is 22.8 Å². The van der Waals surface area contributed by atoms with Gasteiger partial charge in [-0.1, -0.05) is 6.07 Å². The first-order chi connectivity index (χ1) is 15.6. The van der Waals surface area contributed by atoms with E-state index in [-0.39, 0.29) is 41.9 Å². The SMILES string of the molecule is Cn1cnc(S(=O)(=O)N2C[C@@H](Nc3cccc(OCC(F)(F)F)c3)[C@H](C3CCCCO3)C2)c1. The first kappa shape index (κ1) is 23.8. The first-order valence-electron chi connectivity index (χ1n) is 10.8. The Morgan fingerprint density at radius 2 is 2.09 bits per heavy atom. The number of benzene rings is 1. The molecule has 0 bridgehead atoms. The normalized spacial score (nSPS) is 24.7. The fraction of sp³-hybridized carbons (Fsp3) is 0.571. The van der Waals surface area contributed by atoms with Gasteiger partial charge in [-0.3, -0.25) is 0 Å². The van der Waals surface area contributed by atoms with Gasteiger partial charge >= 0.3 is 6.18 Å². The molecular formula is C21H27F3N4O4S. The molecule has 4 rings (SSSR count). The van der Waals surface area contributed by atoms with Crippen molar-refractivity contribution >= 4 is 15.7 Å². The molecule has 2 aromatic rings. The summed E-state index contributed by atoms with van der Waals surface area (Å²) in [5.74, 6) is -0.0395. The Morgan fingerprint density at radius 1 is 1.27 bits per heavy atom. The summed E-state index contributed by atoms with van der Waals surface area (Å²) in [5, 5.41) is 3.29. The Hall–Kier alpha value is -2.31. The van der Waals surface area contributed by atoms with Crippen LogP contribution in [0.15, 0.2) is 41.8 Å². The molecule has 182 valence electrons. The molecule has 3 heterocycles. The quantitative estimate of drug-likeness (QED) is 0.645. The van der Waals surface area contributed by atoms with Crippen molar-refractivity contribution in [2.24, 2.45) is 13.0 Å². The third kappa shape index (κ3) is 5.79. The zero-order valence-electron chi connectivity index (χ0n) is 18.2. The van der Waals surface area contributed by atoms with E-state index in [0.29, 0.717) is 12.3 Å². The highest BCUT2D eigenvalue weighted by Crippen LogP contribution is 2.33. The highest BCUT2D eigenvalue weighted by molar-refractivity contribution is 7.89. The smallest absolute Gasteiger partial charge is 0.422 e. The number of nitrogens with one attached hydrogen (secondary N) is 1. The molecule has 2 saturated heterocycles. The second-order valence-corrected chi connectivity index (χ2v) is 10.3. The fourth-order valence-corrected chi connectivity index (χ4v) is 5.80. The molecule has 1 aromatic carbocycles. The summed E-state index contributed by atoms with van der Waals surface area (Å²) in [4.78, 5) is 4.00. The molecule has 1 unspecified atom stereocenters. The number of aromatic nitrogens is 2. The van der Waals surface area contributed by atoms with Crippen molar-refractivity contribution in [2.75, 3.05) is 31.6 Å². The monoisotopic (exact) mass is 488 g/mol. The first-order valence-corrected chi connectivity index (χ1v) is 12.2. The number of halogens is 3. The minimum atomic E-state index is -4.43. The van der Waals surface area contributed by atoms with E-state index >= 15 is 0 Å². The highest BCUT2D eigenvalue weighted by atomic mass is 32.2. The van der Waals surface area contributed by atoms with Gasteiger partial charge in [0, 0.05) is 56.7 Å². The predicted octanol–water partition coefficient (Wildman–Crippen LogP) is 3.03. The van der Waals surface area contributed by atoms with Crippen molar-refractivity contribution in [1.29, 1.82) is 0 Å². The molecule has 0 amide bonds. The van der Waals surface area contributed by atoms with Crippen molar-refractivity contribution < 1.29 is 31.1 Å². The molecule has 2 fully saturated rings. The molecule has 1 aromatic heterocycles. The number of sulfonamides is 1. The maximum Gasteiger partial charge on any atom is 0.422 e. The van der Waals surface area contributed by atoms with Gasteiger partial charge in [-0.15, -0.1) is 0 Å². The summed E-state index contributed by atoms with van der Waals surface area (Å²) < 4.78 is 77.6. The molecule has 8 nitrogen and oxygen atoms in total. The van der Waals surface area contributed by atoms with Crippen LogP contribution < -0.4 is 10.1 Å². The van der Waals surface area contributed by atoms with Crippen LogP contribution in [-0.4, -0.2) is 66.9 Å². The van der Waals surface area contributed by atoms with Gasteiger partial charge in [-0.2, -0.15) is 17.5 Å². The van der Waals surface area contributed by atoms with Crippen LogP contribution >= 0.6 is 0 Å². The van der Waals surface area contributed by atoms with Crippen LogP contribution in [0.5, 0.6) is 5.75 Å². The lowest BCUT2D eigenvalue weighted by Gasteiger charge is -2.31. The van der Waals surface area contributed by atoms with Crippen LogP contribution in [0.2, 0.25) is 0 Å². The molecule has 12 heteroatoms. The standard InChI is InChI=1S/C21H27F3N4O4S/c1-27-12-20(25-14-27)33(29,30)28-10-17(19-7-2-3-8-31-19)18(11-28)26-15-5-4-6-16(9-15)32-13-21(22,23)24/h4-6,9,12,14,17-19,26H,2-3,7-8,10-11,13H2,1H3/t17-,18-,19?/m1/s1. The lowest BCUT2D eigenvalue weighted by Crippen LogP contribution is -2.39. The summed E-state index contributed by atoms with van der Waals surface area (Å²) in [6, 6.07) is 5.96. The van der Waals surface area contributed by atoms with Gasteiger partial charge in [0.05, 0.1) is 12.4 Å². The zero-order valence-corrected chi connectivity index (χ0v) is 19.0. The van der Waals surface area contributed by atoms with Crippen molar-refractivity contribution in [3.05, 3.63) is 36.8 Å². The molecular weight excluding hydrogens is 461 g/mol. The van der Waals surface area contributed by atoms with Crippen LogP contribution in [0.4, 0.5) is 18.9 Å². The van der Waals surface area contributed by atoms with Crippen LogP contribution in [0.1, 0.15) is 19.3 Å². The van der Waals surface area contributed by atoms with Gasteiger partial charge in [-0.25, -0.2) is 13.4 Å². The number of anilines is 1. The van der Waals surface area contributed by atoms with Crippen molar-refractivity contribution in [1.82, 2.24) is 13.9 Å². The molecule has 2 aliphatic heterocycles. The van der Waals surface area contributed by atoms with Gasteiger partial charge in [0.15, 0.2) is 11.6 Å². The summed E-state index contributed by atoms with van der Waals surface area (Å²) >= 11 is 0. The second kappa shape index (κ2) is 9.51. The Balaban J connectivity index is 1.53. The summed E-state index contributed by atoms with van der Waals surface area (Å²) in [5.41, 5.74) is 0.553. The lowest BCUT2D eigenvalue weighted by molar-refractivity contribution is -0.153. The van der Waals surface area contributed by atoms with Crippen LogP contribution in [0, 0.1) is 5.92 Å². The van der Waals surface area contributed by atoms with E-state index in [2.05, 4.69) is 10.3 Å². The number of hydrogen-bond acceptors (Lipinski definition) is 6. The highest BCUT2D eigenvalue weighted by Gasteiger charge is 2.44. The van der Waals surface area contributed by atoms with Gasteiger partial charge in [-0.05, 0) is 31.4 Å². The van der Waals surface area contributed by atoms with E-state index in [9.17, 15) is 21.6 Å².